The van der Waals surface area contributed by atoms with E-state index in [1.165, 1.54) is 6.33 Å². The van der Waals surface area contributed by atoms with Crippen LogP contribution in [0, 0.1) is 0 Å². The zero-order chi connectivity index (χ0) is 15.4. The Hall–Kier alpha value is -2.67. The van der Waals surface area contributed by atoms with Crippen LogP contribution in [0.1, 0.15) is 0 Å². The number of aromatic nitrogens is 4. The number of nitrogens with one attached hydrogen (secondary N) is 2. The van der Waals surface area contributed by atoms with Crippen molar-refractivity contribution in [3.8, 4) is 0 Å². The van der Waals surface area contributed by atoms with E-state index < -0.39 is 0 Å². The Balaban J connectivity index is 1.62. The van der Waals surface area contributed by atoms with Crippen LogP contribution < -0.4 is 16.4 Å². The van der Waals surface area contributed by atoms with Gasteiger partial charge in [-0.2, -0.15) is 4.98 Å². The summed E-state index contributed by atoms with van der Waals surface area (Å²) < 4.78 is 0. The molecular weight excluding hydrogens is 302 g/mol. The second kappa shape index (κ2) is 6.40. The van der Waals surface area contributed by atoms with Gasteiger partial charge >= 0.3 is 0 Å². The minimum atomic E-state index is 0.197. The van der Waals surface area contributed by atoms with Gasteiger partial charge in [0.05, 0.1) is 5.52 Å². The molecule has 8 heteroatoms. The Morgan fingerprint density at radius 3 is 2.77 bits per heavy atom. The van der Waals surface area contributed by atoms with Crippen molar-refractivity contribution in [1.29, 1.82) is 0 Å². The van der Waals surface area contributed by atoms with Crippen molar-refractivity contribution in [3.05, 3.63) is 41.8 Å². The summed E-state index contributed by atoms with van der Waals surface area (Å²) in [4.78, 5) is 16.0. The predicted molar refractivity (Wildman–Crippen MR) is 88.0 cm³/mol. The van der Waals surface area contributed by atoms with Gasteiger partial charge in [-0.1, -0.05) is 11.6 Å². The molecule has 2 aromatic heterocycles. The van der Waals surface area contributed by atoms with Crippen molar-refractivity contribution in [2.45, 2.75) is 0 Å². The SMILES string of the molecule is Nc1ncnc(NCCNc2ccnc3cc(Cl)ccc23)n1. The summed E-state index contributed by atoms with van der Waals surface area (Å²) in [6.07, 6.45) is 3.12. The van der Waals surface area contributed by atoms with Gasteiger partial charge in [-0.3, -0.25) is 4.98 Å². The van der Waals surface area contributed by atoms with E-state index in [1.54, 1.807) is 6.20 Å². The number of nitrogens with two attached hydrogens (primary N) is 1. The lowest BCUT2D eigenvalue weighted by Crippen LogP contribution is -2.15. The van der Waals surface area contributed by atoms with E-state index >= 15 is 0 Å². The zero-order valence-electron chi connectivity index (χ0n) is 11.6. The maximum atomic E-state index is 5.98. The molecule has 0 aliphatic carbocycles. The molecule has 0 radical (unpaired) electrons. The van der Waals surface area contributed by atoms with E-state index in [9.17, 15) is 0 Å². The van der Waals surface area contributed by atoms with Gasteiger partial charge in [0.15, 0.2) is 0 Å². The quantitative estimate of drug-likeness (QED) is 0.620. The lowest BCUT2D eigenvalue weighted by Gasteiger charge is -2.10. The highest BCUT2D eigenvalue weighted by atomic mass is 35.5. The molecule has 0 unspecified atom stereocenters. The summed E-state index contributed by atoms with van der Waals surface area (Å²) in [6, 6.07) is 7.57. The molecular formula is C14H14ClN7. The van der Waals surface area contributed by atoms with Crippen LogP contribution in [0.25, 0.3) is 10.9 Å². The summed E-state index contributed by atoms with van der Waals surface area (Å²) in [5, 5.41) is 8.11. The third kappa shape index (κ3) is 3.32. The Kier molecular flexibility index (Phi) is 4.15. The van der Waals surface area contributed by atoms with Gasteiger partial charge in [0, 0.05) is 35.4 Å². The van der Waals surface area contributed by atoms with Gasteiger partial charge < -0.3 is 16.4 Å². The average Bonchev–Trinajstić information content (AvgIpc) is 2.51. The van der Waals surface area contributed by atoms with Gasteiger partial charge in [0.2, 0.25) is 11.9 Å². The van der Waals surface area contributed by atoms with Crippen LogP contribution in [0.3, 0.4) is 0 Å². The Bertz CT molecular complexity index is 793. The number of halogens is 1. The van der Waals surface area contributed by atoms with E-state index in [0.717, 1.165) is 16.6 Å². The molecule has 0 bridgehead atoms. The zero-order valence-corrected chi connectivity index (χ0v) is 12.4. The van der Waals surface area contributed by atoms with Gasteiger partial charge in [0.25, 0.3) is 0 Å². The van der Waals surface area contributed by atoms with Gasteiger partial charge in [-0.05, 0) is 24.3 Å². The minimum Gasteiger partial charge on any atom is -0.383 e. The number of pyridine rings is 1. The molecule has 0 fully saturated rings. The Morgan fingerprint density at radius 1 is 1.05 bits per heavy atom. The number of nitrogen functional groups attached to an aromatic ring is 1. The first-order valence-corrected chi connectivity index (χ1v) is 7.07. The molecule has 0 amide bonds. The number of anilines is 3. The number of rotatable bonds is 5. The molecule has 1 aromatic carbocycles. The summed E-state index contributed by atoms with van der Waals surface area (Å²) in [5.41, 5.74) is 7.35. The molecule has 112 valence electrons. The van der Waals surface area contributed by atoms with Gasteiger partial charge in [0.1, 0.15) is 6.33 Å². The highest BCUT2D eigenvalue weighted by Crippen LogP contribution is 2.24. The molecule has 0 saturated heterocycles. The number of nitrogens with zero attached hydrogens (tertiary/aromatic N) is 4. The maximum Gasteiger partial charge on any atom is 0.227 e. The summed E-state index contributed by atoms with van der Waals surface area (Å²) in [6.45, 7) is 1.33. The first-order chi connectivity index (χ1) is 10.7. The van der Waals surface area contributed by atoms with Crippen LogP contribution in [-0.4, -0.2) is 33.0 Å². The number of hydrogen-bond donors (Lipinski definition) is 3. The molecule has 0 atom stereocenters. The highest BCUT2D eigenvalue weighted by molar-refractivity contribution is 6.31. The molecule has 0 aliphatic rings. The van der Waals surface area contributed by atoms with Crippen LogP contribution in [0.5, 0.6) is 0 Å². The third-order valence-electron chi connectivity index (χ3n) is 3.02. The molecule has 4 N–H and O–H groups in total. The van der Waals surface area contributed by atoms with Crippen LogP contribution >= 0.6 is 11.6 Å². The standard InChI is InChI=1S/C14H14ClN7/c15-9-1-2-10-11(3-4-17-12(10)7-9)18-5-6-19-14-21-8-20-13(16)22-14/h1-4,7-8H,5-6H2,(H,17,18)(H3,16,19,20,21,22). The lowest BCUT2D eigenvalue weighted by molar-refractivity contribution is 0.999. The van der Waals surface area contributed by atoms with Crippen molar-refractivity contribution in [1.82, 2.24) is 19.9 Å². The fourth-order valence-corrected chi connectivity index (χ4v) is 2.21. The lowest BCUT2D eigenvalue weighted by atomic mass is 10.2. The van der Waals surface area contributed by atoms with E-state index in [-0.39, 0.29) is 5.95 Å². The van der Waals surface area contributed by atoms with E-state index in [1.807, 2.05) is 24.3 Å². The van der Waals surface area contributed by atoms with Crippen molar-refractivity contribution in [2.24, 2.45) is 0 Å². The second-order valence-corrected chi connectivity index (χ2v) is 4.98. The van der Waals surface area contributed by atoms with E-state index in [4.69, 9.17) is 17.3 Å². The Labute approximate surface area is 132 Å². The van der Waals surface area contributed by atoms with E-state index in [2.05, 4.69) is 30.6 Å². The molecule has 2 heterocycles. The summed E-state index contributed by atoms with van der Waals surface area (Å²) in [7, 11) is 0. The molecule has 0 spiro atoms. The van der Waals surface area contributed by atoms with Gasteiger partial charge in [-0.25, -0.2) is 9.97 Å². The Morgan fingerprint density at radius 2 is 1.91 bits per heavy atom. The molecule has 0 saturated carbocycles. The molecule has 3 rings (SSSR count). The average molecular weight is 316 g/mol. The van der Waals surface area contributed by atoms with Crippen LogP contribution in [0.4, 0.5) is 17.6 Å². The van der Waals surface area contributed by atoms with E-state index in [0.29, 0.717) is 24.1 Å². The maximum absolute atomic E-state index is 5.98. The molecule has 7 nitrogen and oxygen atoms in total. The fraction of sp³-hybridized carbons (Fsp3) is 0.143. The topological polar surface area (TPSA) is 102 Å². The normalized spacial score (nSPS) is 10.6. The van der Waals surface area contributed by atoms with Crippen LogP contribution in [0.2, 0.25) is 5.02 Å². The monoisotopic (exact) mass is 315 g/mol. The number of benzene rings is 1. The minimum absolute atomic E-state index is 0.197. The number of fused-ring (bicyclic) bond motifs is 1. The van der Waals surface area contributed by atoms with Crippen molar-refractivity contribution in [2.75, 3.05) is 29.5 Å². The first kappa shape index (κ1) is 14.3. The van der Waals surface area contributed by atoms with Crippen LogP contribution in [-0.2, 0) is 0 Å². The first-order valence-electron chi connectivity index (χ1n) is 6.69. The number of hydrogen-bond acceptors (Lipinski definition) is 7. The van der Waals surface area contributed by atoms with Crippen molar-refractivity contribution < 1.29 is 0 Å². The summed E-state index contributed by atoms with van der Waals surface area (Å²) in [5.74, 6) is 0.656. The van der Waals surface area contributed by atoms with Gasteiger partial charge in [-0.15, -0.1) is 0 Å². The summed E-state index contributed by atoms with van der Waals surface area (Å²) >= 11 is 5.98. The molecule has 0 aliphatic heterocycles. The fourth-order valence-electron chi connectivity index (χ4n) is 2.04. The van der Waals surface area contributed by atoms with Crippen molar-refractivity contribution >= 4 is 40.1 Å². The largest absolute Gasteiger partial charge is 0.383 e. The smallest absolute Gasteiger partial charge is 0.227 e. The molecule has 3 aromatic rings. The second-order valence-electron chi connectivity index (χ2n) is 4.54. The van der Waals surface area contributed by atoms with Crippen LogP contribution in [0.15, 0.2) is 36.8 Å². The third-order valence-corrected chi connectivity index (χ3v) is 3.25. The molecule has 22 heavy (non-hydrogen) atoms. The van der Waals surface area contributed by atoms with Crippen molar-refractivity contribution in [3.63, 3.8) is 0 Å². The predicted octanol–water partition coefficient (Wildman–Crippen LogP) is 2.18. The highest BCUT2D eigenvalue weighted by Gasteiger charge is 2.02.